The van der Waals surface area contributed by atoms with Crippen LogP contribution < -0.4 is 20.1 Å². The summed E-state index contributed by atoms with van der Waals surface area (Å²) >= 11 is 0. The van der Waals surface area contributed by atoms with Crippen molar-refractivity contribution in [3.05, 3.63) is 23.8 Å². The third-order valence-corrected chi connectivity index (χ3v) is 6.09. The van der Waals surface area contributed by atoms with Gasteiger partial charge < -0.3 is 25.0 Å². The zero-order valence-corrected chi connectivity index (χ0v) is 22.0. The SMILES string of the molecule is CN=C(NCc1cccc(OC)c1OC1CCCC1)NC1CCN(CC(C)C)CC1.I. The van der Waals surface area contributed by atoms with Gasteiger partial charge in [0.2, 0.25) is 0 Å². The van der Waals surface area contributed by atoms with Gasteiger partial charge >= 0.3 is 0 Å². The van der Waals surface area contributed by atoms with Crippen molar-refractivity contribution in [3.8, 4) is 11.5 Å². The molecule has 1 heterocycles. The van der Waals surface area contributed by atoms with Crippen LogP contribution in [0.5, 0.6) is 11.5 Å². The lowest BCUT2D eigenvalue weighted by atomic mass is 10.0. The number of methoxy groups -OCH3 is 1. The molecule has 1 aliphatic carbocycles. The number of guanidine groups is 1. The number of para-hydroxylation sites is 1. The minimum Gasteiger partial charge on any atom is -0.493 e. The van der Waals surface area contributed by atoms with Crippen LogP contribution >= 0.6 is 24.0 Å². The predicted octanol–water partition coefficient (Wildman–Crippen LogP) is 4.42. The van der Waals surface area contributed by atoms with E-state index in [1.54, 1.807) is 7.11 Å². The Morgan fingerprint density at radius 1 is 1.16 bits per heavy atom. The maximum absolute atomic E-state index is 6.36. The topological polar surface area (TPSA) is 58.1 Å². The maximum Gasteiger partial charge on any atom is 0.191 e. The molecule has 2 aliphatic rings. The van der Waals surface area contributed by atoms with E-state index in [4.69, 9.17) is 9.47 Å². The van der Waals surface area contributed by atoms with Crippen LogP contribution in [0.15, 0.2) is 23.2 Å². The van der Waals surface area contributed by atoms with Crippen LogP contribution in [-0.2, 0) is 6.54 Å². The largest absolute Gasteiger partial charge is 0.493 e. The summed E-state index contributed by atoms with van der Waals surface area (Å²) in [6.45, 7) is 8.74. The first-order valence-corrected chi connectivity index (χ1v) is 11.6. The number of nitrogens with zero attached hydrogens (tertiary/aromatic N) is 2. The summed E-state index contributed by atoms with van der Waals surface area (Å²) < 4.78 is 11.9. The van der Waals surface area contributed by atoms with Gasteiger partial charge in [-0.15, -0.1) is 24.0 Å². The molecular formula is C24H41IN4O2. The zero-order chi connectivity index (χ0) is 21.3. The second-order valence-electron chi connectivity index (χ2n) is 9.01. The molecule has 3 rings (SSSR count). The van der Waals surface area contributed by atoms with Crippen LogP contribution in [0.3, 0.4) is 0 Å². The van der Waals surface area contributed by atoms with E-state index >= 15 is 0 Å². The normalized spacial score (nSPS) is 18.7. The average molecular weight is 545 g/mol. The van der Waals surface area contributed by atoms with Crippen molar-refractivity contribution >= 4 is 29.9 Å². The Labute approximate surface area is 205 Å². The number of ether oxygens (including phenoxy) is 2. The summed E-state index contributed by atoms with van der Waals surface area (Å²) in [6, 6.07) is 6.58. The second-order valence-corrected chi connectivity index (χ2v) is 9.01. The number of aliphatic imine (C=N–C) groups is 1. The first kappa shape index (κ1) is 26.0. The second kappa shape index (κ2) is 13.4. The van der Waals surface area contributed by atoms with Gasteiger partial charge in [0.1, 0.15) is 0 Å². The summed E-state index contributed by atoms with van der Waals surface area (Å²) in [6.07, 6.45) is 7.37. The number of rotatable bonds is 8. The molecule has 2 N–H and O–H groups in total. The minimum atomic E-state index is 0. The van der Waals surface area contributed by atoms with Crippen molar-refractivity contribution in [3.63, 3.8) is 0 Å². The lowest BCUT2D eigenvalue weighted by Gasteiger charge is -2.34. The Morgan fingerprint density at radius 2 is 1.87 bits per heavy atom. The fraction of sp³-hybridized carbons (Fsp3) is 0.708. The van der Waals surface area contributed by atoms with Gasteiger partial charge in [-0.25, -0.2) is 0 Å². The molecule has 0 amide bonds. The van der Waals surface area contributed by atoms with Crippen molar-refractivity contribution in [1.29, 1.82) is 0 Å². The molecule has 0 spiro atoms. The lowest BCUT2D eigenvalue weighted by molar-refractivity contribution is 0.186. The predicted molar refractivity (Wildman–Crippen MR) is 139 cm³/mol. The molecular weight excluding hydrogens is 503 g/mol. The summed E-state index contributed by atoms with van der Waals surface area (Å²) in [5.74, 6) is 3.26. The molecule has 1 aromatic rings. The van der Waals surface area contributed by atoms with Crippen molar-refractivity contribution in [2.24, 2.45) is 10.9 Å². The first-order valence-electron chi connectivity index (χ1n) is 11.6. The smallest absolute Gasteiger partial charge is 0.191 e. The quantitative estimate of drug-likeness (QED) is 0.288. The first-order chi connectivity index (χ1) is 14.6. The molecule has 176 valence electrons. The third-order valence-electron chi connectivity index (χ3n) is 6.09. The van der Waals surface area contributed by atoms with Crippen molar-refractivity contribution in [2.75, 3.05) is 33.8 Å². The Bertz CT molecular complexity index is 684. The van der Waals surface area contributed by atoms with Crippen molar-refractivity contribution < 1.29 is 9.47 Å². The number of nitrogens with one attached hydrogen (secondary N) is 2. The molecule has 1 saturated heterocycles. The average Bonchev–Trinajstić information content (AvgIpc) is 3.26. The summed E-state index contributed by atoms with van der Waals surface area (Å²) in [4.78, 5) is 7.02. The molecule has 0 aromatic heterocycles. The van der Waals surface area contributed by atoms with E-state index in [-0.39, 0.29) is 24.0 Å². The van der Waals surface area contributed by atoms with E-state index in [2.05, 4.69) is 40.4 Å². The Morgan fingerprint density at radius 3 is 2.48 bits per heavy atom. The number of hydrogen-bond donors (Lipinski definition) is 2. The minimum absolute atomic E-state index is 0. The van der Waals surface area contributed by atoms with Crippen molar-refractivity contribution in [2.45, 2.75) is 71.1 Å². The molecule has 0 atom stereocenters. The fourth-order valence-corrected chi connectivity index (χ4v) is 4.51. The summed E-state index contributed by atoms with van der Waals surface area (Å²) in [7, 11) is 3.55. The van der Waals surface area contributed by atoms with Gasteiger partial charge in [-0.05, 0) is 50.5 Å². The Hall–Kier alpha value is -1.22. The number of benzene rings is 1. The van der Waals surface area contributed by atoms with Gasteiger partial charge in [-0.3, -0.25) is 4.99 Å². The highest BCUT2D eigenvalue weighted by molar-refractivity contribution is 14.0. The number of hydrogen-bond acceptors (Lipinski definition) is 4. The Kier molecular flexibility index (Phi) is 11.2. The van der Waals surface area contributed by atoms with Crippen LogP contribution in [0.4, 0.5) is 0 Å². The maximum atomic E-state index is 6.36. The van der Waals surface area contributed by atoms with Gasteiger partial charge in [0.25, 0.3) is 0 Å². The summed E-state index contributed by atoms with van der Waals surface area (Å²) in [5, 5.41) is 7.09. The highest BCUT2D eigenvalue weighted by Gasteiger charge is 2.22. The molecule has 6 nitrogen and oxygen atoms in total. The van der Waals surface area contributed by atoms with E-state index in [0.717, 1.165) is 67.7 Å². The molecule has 0 unspecified atom stereocenters. The number of halogens is 1. The lowest BCUT2D eigenvalue weighted by Crippen LogP contribution is -2.49. The van der Waals surface area contributed by atoms with E-state index in [1.807, 2.05) is 19.2 Å². The van der Waals surface area contributed by atoms with Gasteiger partial charge in [-0.2, -0.15) is 0 Å². The van der Waals surface area contributed by atoms with E-state index in [9.17, 15) is 0 Å². The van der Waals surface area contributed by atoms with E-state index in [0.29, 0.717) is 18.7 Å². The van der Waals surface area contributed by atoms with Crippen LogP contribution in [0.25, 0.3) is 0 Å². The van der Waals surface area contributed by atoms with E-state index in [1.165, 1.54) is 19.4 Å². The van der Waals surface area contributed by atoms with Gasteiger partial charge in [-0.1, -0.05) is 26.0 Å². The molecule has 1 saturated carbocycles. The fourth-order valence-electron chi connectivity index (χ4n) is 4.51. The van der Waals surface area contributed by atoms with E-state index < -0.39 is 0 Å². The number of piperidine rings is 1. The zero-order valence-electron chi connectivity index (χ0n) is 19.7. The van der Waals surface area contributed by atoms with Crippen LogP contribution in [0, 0.1) is 5.92 Å². The highest BCUT2D eigenvalue weighted by atomic mass is 127. The van der Waals surface area contributed by atoms with Gasteiger partial charge in [0, 0.05) is 44.8 Å². The molecule has 31 heavy (non-hydrogen) atoms. The van der Waals surface area contributed by atoms with Crippen LogP contribution in [0.1, 0.15) is 57.9 Å². The standard InChI is InChI=1S/C24H40N4O2.HI/c1-18(2)17-28-14-12-20(13-15-28)27-24(25-3)26-16-19-8-7-11-22(29-4)23(19)30-21-9-5-6-10-21;/h7-8,11,18,20-21H,5-6,9-10,12-17H2,1-4H3,(H2,25,26,27);1H. The third kappa shape index (κ3) is 8.00. The van der Waals surface area contributed by atoms with Crippen LogP contribution in [0.2, 0.25) is 0 Å². The molecule has 1 aliphatic heterocycles. The summed E-state index contributed by atoms with van der Waals surface area (Å²) in [5.41, 5.74) is 1.11. The van der Waals surface area contributed by atoms with Crippen LogP contribution in [-0.4, -0.2) is 56.8 Å². The number of likely N-dealkylation sites (tertiary alicyclic amines) is 1. The Balaban J connectivity index is 0.00000341. The molecule has 1 aromatic carbocycles. The van der Waals surface area contributed by atoms with Gasteiger partial charge in [0.05, 0.1) is 13.2 Å². The monoisotopic (exact) mass is 544 g/mol. The molecule has 0 radical (unpaired) electrons. The molecule has 7 heteroatoms. The molecule has 0 bridgehead atoms. The highest BCUT2D eigenvalue weighted by Crippen LogP contribution is 2.34. The van der Waals surface area contributed by atoms with Crippen molar-refractivity contribution in [1.82, 2.24) is 15.5 Å². The molecule has 2 fully saturated rings. The van der Waals surface area contributed by atoms with Gasteiger partial charge in [0.15, 0.2) is 17.5 Å².